The average molecular weight is 312 g/mol. The zero-order valence-electron chi connectivity index (χ0n) is 13.9. The topological polar surface area (TPSA) is 41.5 Å². The fraction of sp³-hybridized carbons (Fsp3) is 0.444. The van der Waals surface area contributed by atoms with Crippen LogP contribution in [0.4, 0.5) is 5.82 Å². The maximum absolute atomic E-state index is 5.81. The van der Waals surface area contributed by atoms with Crippen molar-refractivity contribution in [2.45, 2.75) is 26.5 Å². The summed E-state index contributed by atoms with van der Waals surface area (Å²) in [6.07, 6.45) is 3.55. The number of anilines is 1. The number of rotatable bonds is 5. The van der Waals surface area contributed by atoms with Crippen molar-refractivity contribution in [1.82, 2.24) is 14.9 Å². The molecule has 23 heavy (non-hydrogen) atoms. The van der Waals surface area contributed by atoms with Crippen LogP contribution in [0.1, 0.15) is 19.4 Å². The number of aromatic nitrogens is 2. The van der Waals surface area contributed by atoms with E-state index >= 15 is 0 Å². The highest BCUT2D eigenvalue weighted by Crippen LogP contribution is 2.19. The number of hydrogen-bond donors (Lipinski definition) is 0. The Bertz CT molecular complexity index is 609. The smallest absolute Gasteiger partial charge is 0.215 e. The van der Waals surface area contributed by atoms with Crippen LogP contribution in [0.15, 0.2) is 42.7 Å². The van der Waals surface area contributed by atoms with Gasteiger partial charge in [0.05, 0.1) is 0 Å². The van der Waals surface area contributed by atoms with Gasteiger partial charge >= 0.3 is 0 Å². The van der Waals surface area contributed by atoms with Gasteiger partial charge in [-0.05, 0) is 37.6 Å². The highest BCUT2D eigenvalue weighted by Gasteiger charge is 2.19. The van der Waals surface area contributed by atoms with Crippen LogP contribution in [0, 0.1) is 0 Å². The molecule has 3 heterocycles. The van der Waals surface area contributed by atoms with Crippen LogP contribution in [0.3, 0.4) is 0 Å². The molecule has 0 spiro atoms. The van der Waals surface area contributed by atoms with Gasteiger partial charge in [-0.2, -0.15) is 4.98 Å². The Morgan fingerprint density at radius 2 is 1.78 bits per heavy atom. The lowest BCUT2D eigenvalue weighted by Gasteiger charge is -2.37. The van der Waals surface area contributed by atoms with Crippen LogP contribution in [-0.2, 0) is 6.61 Å². The molecule has 0 unspecified atom stereocenters. The van der Waals surface area contributed by atoms with E-state index in [9.17, 15) is 0 Å². The first-order valence-electron chi connectivity index (χ1n) is 8.20. The minimum absolute atomic E-state index is 0.514. The fourth-order valence-electron chi connectivity index (χ4n) is 2.76. The molecule has 3 rings (SSSR count). The van der Waals surface area contributed by atoms with Crippen molar-refractivity contribution in [3.63, 3.8) is 0 Å². The van der Waals surface area contributed by atoms with Gasteiger partial charge in [0.15, 0.2) is 0 Å². The molecule has 0 radical (unpaired) electrons. The highest BCUT2D eigenvalue weighted by molar-refractivity contribution is 5.41. The van der Waals surface area contributed by atoms with E-state index in [2.05, 4.69) is 39.7 Å². The molecule has 0 N–H and O–H groups in total. The Hall–Kier alpha value is -2.14. The first-order chi connectivity index (χ1) is 11.2. The first kappa shape index (κ1) is 15.7. The maximum atomic E-state index is 5.81. The second-order valence-electron chi connectivity index (χ2n) is 6.09. The van der Waals surface area contributed by atoms with Crippen LogP contribution in [0.2, 0.25) is 0 Å². The van der Waals surface area contributed by atoms with Crippen LogP contribution in [0.25, 0.3) is 0 Å². The monoisotopic (exact) mass is 312 g/mol. The average Bonchev–Trinajstić information content (AvgIpc) is 2.61. The predicted octanol–water partition coefficient (Wildman–Crippen LogP) is 2.59. The van der Waals surface area contributed by atoms with E-state index in [1.165, 1.54) is 0 Å². The zero-order chi connectivity index (χ0) is 16.1. The van der Waals surface area contributed by atoms with Crippen molar-refractivity contribution in [3.05, 3.63) is 48.3 Å². The number of hydrogen-bond acceptors (Lipinski definition) is 5. The number of nitrogens with zero attached hydrogens (tertiary/aromatic N) is 4. The lowest BCUT2D eigenvalue weighted by molar-refractivity contribution is 0.208. The Morgan fingerprint density at radius 3 is 2.48 bits per heavy atom. The third-order valence-electron chi connectivity index (χ3n) is 4.21. The summed E-state index contributed by atoms with van der Waals surface area (Å²) in [6.45, 7) is 9.21. The summed E-state index contributed by atoms with van der Waals surface area (Å²) in [5, 5.41) is 0. The molecule has 0 amide bonds. The van der Waals surface area contributed by atoms with Gasteiger partial charge in [0, 0.05) is 50.7 Å². The van der Waals surface area contributed by atoms with E-state index in [1.54, 1.807) is 12.4 Å². The van der Waals surface area contributed by atoms with E-state index < -0.39 is 0 Å². The van der Waals surface area contributed by atoms with Crippen LogP contribution < -0.4 is 9.64 Å². The van der Waals surface area contributed by atoms with Crippen molar-refractivity contribution in [2.75, 3.05) is 31.1 Å². The molecule has 2 aromatic rings. The summed E-state index contributed by atoms with van der Waals surface area (Å²) in [6, 6.07) is 10.5. The summed E-state index contributed by atoms with van der Waals surface area (Å²) in [5.74, 6) is 1.67. The Morgan fingerprint density at radius 1 is 1.04 bits per heavy atom. The molecule has 0 bridgehead atoms. The van der Waals surface area contributed by atoms with Crippen molar-refractivity contribution in [3.8, 4) is 5.88 Å². The quantitative estimate of drug-likeness (QED) is 0.849. The van der Waals surface area contributed by atoms with Crippen molar-refractivity contribution >= 4 is 5.82 Å². The van der Waals surface area contributed by atoms with Gasteiger partial charge in [-0.3, -0.25) is 9.88 Å². The zero-order valence-corrected chi connectivity index (χ0v) is 13.9. The molecule has 0 saturated carbocycles. The van der Waals surface area contributed by atoms with E-state index in [0.29, 0.717) is 18.5 Å². The van der Waals surface area contributed by atoms with E-state index in [-0.39, 0.29) is 0 Å². The summed E-state index contributed by atoms with van der Waals surface area (Å²) in [7, 11) is 0. The molecule has 0 atom stereocenters. The van der Waals surface area contributed by atoms with Crippen LogP contribution in [-0.4, -0.2) is 47.1 Å². The largest absolute Gasteiger partial charge is 0.473 e. The maximum Gasteiger partial charge on any atom is 0.215 e. The summed E-state index contributed by atoms with van der Waals surface area (Å²) in [4.78, 5) is 13.5. The molecule has 1 aliphatic rings. The molecule has 122 valence electrons. The third-order valence-corrected chi connectivity index (χ3v) is 4.21. The number of ether oxygens (including phenoxy) is 1. The second kappa shape index (κ2) is 7.42. The van der Waals surface area contributed by atoms with Gasteiger partial charge in [0.25, 0.3) is 0 Å². The number of piperazine rings is 1. The lowest BCUT2D eigenvalue weighted by atomic mass is 10.2. The summed E-state index contributed by atoms with van der Waals surface area (Å²) in [5.41, 5.74) is 1.10. The highest BCUT2D eigenvalue weighted by atomic mass is 16.5. The Labute approximate surface area is 137 Å². The van der Waals surface area contributed by atoms with Crippen molar-refractivity contribution in [2.24, 2.45) is 0 Å². The van der Waals surface area contributed by atoms with Gasteiger partial charge < -0.3 is 9.64 Å². The van der Waals surface area contributed by atoms with Gasteiger partial charge in [0.2, 0.25) is 5.88 Å². The van der Waals surface area contributed by atoms with Gasteiger partial charge in [-0.25, -0.2) is 0 Å². The van der Waals surface area contributed by atoms with E-state index in [0.717, 1.165) is 37.6 Å². The molecule has 0 aliphatic carbocycles. The minimum Gasteiger partial charge on any atom is -0.473 e. The van der Waals surface area contributed by atoms with Crippen molar-refractivity contribution < 1.29 is 4.74 Å². The van der Waals surface area contributed by atoms with E-state index in [1.807, 2.05) is 24.3 Å². The van der Waals surface area contributed by atoms with Gasteiger partial charge in [0.1, 0.15) is 12.4 Å². The second-order valence-corrected chi connectivity index (χ2v) is 6.09. The molecule has 2 aromatic heterocycles. The van der Waals surface area contributed by atoms with E-state index in [4.69, 9.17) is 4.74 Å². The van der Waals surface area contributed by atoms with Crippen LogP contribution in [0.5, 0.6) is 5.88 Å². The normalized spacial score (nSPS) is 15.9. The lowest BCUT2D eigenvalue weighted by Crippen LogP contribution is -2.49. The Kier molecular flexibility index (Phi) is 5.08. The molecule has 1 aliphatic heterocycles. The van der Waals surface area contributed by atoms with Gasteiger partial charge in [-0.15, -0.1) is 0 Å². The molecule has 5 heteroatoms. The minimum atomic E-state index is 0.514. The molecular weight excluding hydrogens is 288 g/mol. The Balaban J connectivity index is 1.59. The molecule has 5 nitrogen and oxygen atoms in total. The molecule has 0 aromatic carbocycles. The SMILES string of the molecule is CC(C)N1CCN(c2cccc(OCc3ccncc3)n2)CC1. The predicted molar refractivity (Wildman–Crippen MR) is 91.7 cm³/mol. The molecular formula is C18H24N4O. The standard InChI is InChI=1S/C18H24N4O/c1-15(2)21-10-12-22(13-11-21)17-4-3-5-18(20-17)23-14-16-6-8-19-9-7-16/h3-9,15H,10-14H2,1-2H3. The van der Waals surface area contributed by atoms with Crippen molar-refractivity contribution in [1.29, 1.82) is 0 Å². The number of pyridine rings is 2. The molecule has 1 fully saturated rings. The first-order valence-corrected chi connectivity index (χ1v) is 8.20. The van der Waals surface area contributed by atoms with Gasteiger partial charge in [-0.1, -0.05) is 6.07 Å². The van der Waals surface area contributed by atoms with Crippen LogP contribution >= 0.6 is 0 Å². The summed E-state index contributed by atoms with van der Waals surface area (Å²) < 4.78 is 5.81. The summed E-state index contributed by atoms with van der Waals surface area (Å²) >= 11 is 0. The molecule has 1 saturated heterocycles. The fourth-order valence-corrected chi connectivity index (χ4v) is 2.76. The third kappa shape index (κ3) is 4.20.